The fraction of sp³-hybridized carbons (Fsp3) is 0.286. The molecule has 8 heteroatoms. The Morgan fingerprint density at radius 3 is 1.97 bits per heavy atom. The van der Waals surface area contributed by atoms with Crippen molar-refractivity contribution in [3.63, 3.8) is 0 Å². The average Bonchev–Trinajstić information content (AvgIpc) is 3.17. The van der Waals surface area contributed by atoms with E-state index in [2.05, 4.69) is 10.6 Å². The summed E-state index contributed by atoms with van der Waals surface area (Å²) in [5, 5.41) is 5.73. The summed E-state index contributed by atoms with van der Waals surface area (Å²) in [4.78, 5) is 26.8. The second-order valence-corrected chi connectivity index (χ2v) is 12.5. The van der Waals surface area contributed by atoms with E-state index in [0.717, 1.165) is 11.1 Å². The Balaban J connectivity index is 1.57. The van der Waals surface area contributed by atoms with Gasteiger partial charge in [-0.3, -0.25) is 9.59 Å². The normalized spacial score (nSPS) is 14.7. The summed E-state index contributed by atoms with van der Waals surface area (Å²) in [5.74, 6) is -1.36. The second kappa shape index (κ2) is 9.50. The molecule has 3 aromatic rings. The summed E-state index contributed by atoms with van der Waals surface area (Å²) >= 11 is 0. The molecule has 36 heavy (non-hydrogen) atoms. The molecule has 0 aliphatic heterocycles. The zero-order valence-corrected chi connectivity index (χ0v) is 21.3. The minimum atomic E-state index is -3.47. The molecule has 2 N–H and O–H groups in total. The first-order chi connectivity index (χ1) is 16.9. The molecule has 4 rings (SSSR count). The van der Waals surface area contributed by atoms with Gasteiger partial charge in [0.05, 0.1) is 10.6 Å². The first kappa shape index (κ1) is 25.6. The molecule has 0 radical (unpaired) electrons. The van der Waals surface area contributed by atoms with Crippen LogP contribution in [-0.4, -0.2) is 31.5 Å². The molecular formula is C28H29FN2O4S. The number of rotatable bonds is 6. The summed E-state index contributed by atoms with van der Waals surface area (Å²) in [6.07, 6.45) is 0.583. The maximum atomic E-state index is 13.6. The summed E-state index contributed by atoms with van der Waals surface area (Å²) < 4.78 is 38.7. The van der Waals surface area contributed by atoms with Crippen LogP contribution < -0.4 is 10.6 Å². The molecule has 0 aromatic heterocycles. The van der Waals surface area contributed by atoms with Gasteiger partial charge in [0.1, 0.15) is 11.4 Å². The maximum absolute atomic E-state index is 13.6. The number of carbonyl (C=O) groups is 2. The molecule has 6 nitrogen and oxygen atoms in total. The Morgan fingerprint density at radius 2 is 1.44 bits per heavy atom. The van der Waals surface area contributed by atoms with Crippen LogP contribution in [0.5, 0.6) is 0 Å². The molecule has 1 aliphatic carbocycles. The minimum Gasteiger partial charge on any atom is -0.337 e. The lowest BCUT2D eigenvalue weighted by Gasteiger charge is -2.29. The number of hydrogen-bond donors (Lipinski definition) is 2. The molecule has 0 heterocycles. The molecule has 0 spiro atoms. The lowest BCUT2D eigenvalue weighted by atomic mass is 9.93. The summed E-state index contributed by atoms with van der Waals surface area (Å²) in [7, 11) is -3.47. The van der Waals surface area contributed by atoms with E-state index in [0.29, 0.717) is 18.5 Å². The number of fused-ring (bicyclic) bond motifs is 1. The zero-order valence-electron chi connectivity index (χ0n) is 20.5. The molecule has 2 amide bonds. The highest BCUT2D eigenvalue weighted by molar-refractivity contribution is 7.91. The van der Waals surface area contributed by atoms with Crippen LogP contribution in [0.25, 0.3) is 0 Å². The van der Waals surface area contributed by atoms with Crippen LogP contribution in [0.1, 0.15) is 42.3 Å². The SMILES string of the molecule is CC(C)(C)CS(=O)(=O)c1ccc(NC(=O)C2(NC(=O)c3ccc(F)cc3)Cc3ccccc3C2)cc1. The van der Waals surface area contributed by atoms with Gasteiger partial charge in [-0.05, 0) is 65.1 Å². The first-order valence-electron chi connectivity index (χ1n) is 11.7. The maximum Gasteiger partial charge on any atom is 0.252 e. The Labute approximate surface area is 210 Å². The van der Waals surface area contributed by atoms with Crippen LogP contribution >= 0.6 is 0 Å². The van der Waals surface area contributed by atoms with Crippen molar-refractivity contribution < 1.29 is 22.4 Å². The largest absolute Gasteiger partial charge is 0.337 e. The van der Waals surface area contributed by atoms with Crippen LogP contribution in [0.4, 0.5) is 10.1 Å². The third-order valence-corrected chi connectivity index (χ3v) is 8.33. The number of nitrogens with one attached hydrogen (secondary N) is 2. The Hall–Kier alpha value is -3.52. The van der Waals surface area contributed by atoms with Gasteiger partial charge in [-0.25, -0.2) is 12.8 Å². The fourth-order valence-corrected chi connectivity index (χ4v) is 6.32. The van der Waals surface area contributed by atoms with Crippen molar-refractivity contribution in [1.82, 2.24) is 5.32 Å². The topological polar surface area (TPSA) is 92.3 Å². The van der Waals surface area contributed by atoms with Gasteiger partial charge >= 0.3 is 0 Å². The first-order valence-corrected chi connectivity index (χ1v) is 13.3. The van der Waals surface area contributed by atoms with Crippen molar-refractivity contribution in [3.8, 4) is 0 Å². The van der Waals surface area contributed by atoms with Gasteiger partial charge in [0, 0.05) is 24.1 Å². The van der Waals surface area contributed by atoms with Gasteiger partial charge in [0.15, 0.2) is 9.84 Å². The van der Waals surface area contributed by atoms with Crippen molar-refractivity contribution >= 4 is 27.3 Å². The van der Waals surface area contributed by atoms with Crippen molar-refractivity contribution in [1.29, 1.82) is 0 Å². The number of hydrogen-bond acceptors (Lipinski definition) is 4. The van der Waals surface area contributed by atoms with Crippen molar-refractivity contribution in [2.75, 3.05) is 11.1 Å². The van der Waals surface area contributed by atoms with E-state index >= 15 is 0 Å². The molecule has 0 bridgehead atoms. The molecular weight excluding hydrogens is 479 g/mol. The van der Waals surface area contributed by atoms with Gasteiger partial charge in [0.2, 0.25) is 0 Å². The van der Waals surface area contributed by atoms with E-state index in [1.54, 1.807) is 12.1 Å². The predicted molar refractivity (Wildman–Crippen MR) is 137 cm³/mol. The highest BCUT2D eigenvalue weighted by Crippen LogP contribution is 2.32. The number of sulfone groups is 1. The van der Waals surface area contributed by atoms with Crippen molar-refractivity contribution in [2.45, 2.75) is 44.0 Å². The van der Waals surface area contributed by atoms with Gasteiger partial charge < -0.3 is 10.6 Å². The molecule has 3 aromatic carbocycles. The van der Waals surface area contributed by atoms with Crippen molar-refractivity contribution in [2.24, 2.45) is 5.41 Å². The lowest BCUT2D eigenvalue weighted by Crippen LogP contribution is -2.57. The highest BCUT2D eigenvalue weighted by atomic mass is 32.2. The van der Waals surface area contributed by atoms with E-state index < -0.39 is 38.4 Å². The molecule has 0 fully saturated rings. The zero-order chi connectivity index (χ0) is 26.1. The lowest BCUT2D eigenvalue weighted by molar-refractivity contribution is -0.121. The highest BCUT2D eigenvalue weighted by Gasteiger charge is 2.45. The van der Waals surface area contributed by atoms with E-state index in [1.165, 1.54) is 36.4 Å². The van der Waals surface area contributed by atoms with E-state index in [4.69, 9.17) is 0 Å². The summed E-state index contributed by atoms with van der Waals surface area (Å²) in [5.41, 5.74) is 0.921. The quantitative estimate of drug-likeness (QED) is 0.511. The van der Waals surface area contributed by atoms with Crippen molar-refractivity contribution in [3.05, 3.63) is 95.3 Å². The molecule has 0 unspecified atom stereocenters. The van der Waals surface area contributed by atoms with E-state index in [9.17, 15) is 22.4 Å². The minimum absolute atomic E-state index is 0.00247. The van der Waals surface area contributed by atoms with Crippen LogP contribution in [0.2, 0.25) is 0 Å². The number of benzene rings is 3. The monoisotopic (exact) mass is 508 g/mol. The molecule has 188 valence electrons. The molecule has 0 atom stereocenters. The smallest absolute Gasteiger partial charge is 0.252 e. The third-order valence-electron chi connectivity index (χ3n) is 6.09. The van der Waals surface area contributed by atoms with E-state index in [-0.39, 0.29) is 16.2 Å². The van der Waals surface area contributed by atoms with Gasteiger partial charge in [-0.2, -0.15) is 0 Å². The number of amides is 2. The van der Waals surface area contributed by atoms with E-state index in [1.807, 2.05) is 45.0 Å². The molecule has 0 saturated carbocycles. The van der Waals surface area contributed by atoms with Gasteiger partial charge in [-0.15, -0.1) is 0 Å². The van der Waals surface area contributed by atoms with Crippen LogP contribution in [0.3, 0.4) is 0 Å². The Kier molecular flexibility index (Phi) is 6.75. The van der Waals surface area contributed by atoms with Gasteiger partial charge in [-0.1, -0.05) is 45.0 Å². The molecule has 1 aliphatic rings. The predicted octanol–water partition coefficient (Wildman–Crippen LogP) is 4.55. The number of halogens is 1. The Bertz CT molecular complexity index is 1370. The number of anilines is 1. The second-order valence-electron chi connectivity index (χ2n) is 10.5. The van der Waals surface area contributed by atoms with Crippen LogP contribution in [0, 0.1) is 11.2 Å². The third kappa shape index (κ3) is 5.65. The average molecular weight is 509 g/mol. The standard InChI is InChI=1S/C28H29FN2O4S/c1-27(2,3)18-36(34,35)24-14-12-23(13-15-24)30-26(33)28(16-20-6-4-5-7-21(20)17-28)31-25(32)19-8-10-22(29)11-9-19/h4-15H,16-18H2,1-3H3,(H,30,33)(H,31,32). The number of carbonyl (C=O) groups excluding carboxylic acids is 2. The van der Waals surface area contributed by atoms with Crippen LogP contribution in [0.15, 0.2) is 77.7 Å². The summed E-state index contributed by atoms with van der Waals surface area (Å²) in [6.45, 7) is 5.58. The fourth-order valence-electron chi connectivity index (χ4n) is 4.46. The van der Waals surface area contributed by atoms with Crippen LogP contribution in [-0.2, 0) is 27.5 Å². The molecule has 0 saturated heterocycles. The Morgan fingerprint density at radius 1 is 0.889 bits per heavy atom. The van der Waals surface area contributed by atoms with Gasteiger partial charge in [0.25, 0.3) is 11.8 Å². The summed E-state index contributed by atoms with van der Waals surface area (Å²) in [6, 6.07) is 18.8.